The van der Waals surface area contributed by atoms with Crippen LogP contribution < -0.4 is 4.72 Å². The first-order valence-corrected chi connectivity index (χ1v) is 6.87. The fourth-order valence-corrected chi connectivity index (χ4v) is 3.14. The van der Waals surface area contributed by atoms with Crippen LogP contribution in [0, 0.1) is 16.7 Å². The Hall–Kier alpha value is -0.600. The molecule has 86 valence electrons. The number of hydrogen-bond acceptors (Lipinski definition) is 3. The highest BCUT2D eigenvalue weighted by Gasteiger charge is 2.30. The van der Waals surface area contributed by atoms with Crippen LogP contribution in [-0.4, -0.2) is 20.2 Å². The van der Waals surface area contributed by atoms with Crippen molar-refractivity contribution in [3.63, 3.8) is 0 Å². The van der Waals surface area contributed by atoms with E-state index in [9.17, 15) is 8.42 Å². The average Bonchev–Trinajstić information content (AvgIpc) is 1.99. The van der Waals surface area contributed by atoms with Crippen LogP contribution in [0.2, 0.25) is 0 Å². The molecule has 0 heterocycles. The van der Waals surface area contributed by atoms with E-state index in [2.05, 4.69) is 18.6 Å². The van der Waals surface area contributed by atoms with Crippen molar-refractivity contribution in [3.05, 3.63) is 0 Å². The SMILES string of the molecule is CC1(C)CCCC(NS(=O)(=O)CC#N)C1. The van der Waals surface area contributed by atoms with E-state index >= 15 is 0 Å². The Morgan fingerprint density at radius 3 is 2.73 bits per heavy atom. The van der Waals surface area contributed by atoms with Crippen molar-refractivity contribution >= 4 is 10.0 Å². The minimum absolute atomic E-state index is 0.00657. The highest BCUT2D eigenvalue weighted by molar-refractivity contribution is 7.89. The van der Waals surface area contributed by atoms with Crippen LogP contribution in [0.4, 0.5) is 0 Å². The van der Waals surface area contributed by atoms with E-state index in [4.69, 9.17) is 5.26 Å². The number of sulfonamides is 1. The molecule has 0 spiro atoms. The monoisotopic (exact) mass is 230 g/mol. The maximum Gasteiger partial charge on any atom is 0.225 e. The molecular formula is C10H18N2O2S. The molecule has 1 aliphatic rings. The minimum Gasteiger partial charge on any atom is -0.211 e. The molecule has 0 saturated heterocycles. The normalized spacial score (nSPS) is 25.8. The maximum atomic E-state index is 11.4. The Bertz CT molecular complexity index is 354. The summed E-state index contributed by atoms with van der Waals surface area (Å²) in [7, 11) is -3.39. The van der Waals surface area contributed by atoms with Gasteiger partial charge < -0.3 is 0 Å². The van der Waals surface area contributed by atoms with Crippen molar-refractivity contribution in [2.75, 3.05) is 5.75 Å². The predicted octanol–water partition coefficient (Wildman–Crippen LogP) is 1.40. The Kier molecular flexibility index (Phi) is 3.74. The van der Waals surface area contributed by atoms with Crippen molar-refractivity contribution in [2.24, 2.45) is 5.41 Å². The minimum atomic E-state index is -3.39. The van der Waals surface area contributed by atoms with Gasteiger partial charge in [-0.25, -0.2) is 13.1 Å². The summed E-state index contributed by atoms with van der Waals surface area (Å²) in [5, 5.41) is 8.36. The first-order valence-electron chi connectivity index (χ1n) is 5.22. The zero-order chi connectivity index (χ0) is 11.5. The van der Waals surface area contributed by atoms with Crippen molar-refractivity contribution in [1.29, 1.82) is 5.26 Å². The lowest BCUT2D eigenvalue weighted by molar-refractivity contribution is 0.212. The Morgan fingerprint density at radius 1 is 1.53 bits per heavy atom. The van der Waals surface area contributed by atoms with E-state index in [-0.39, 0.29) is 11.5 Å². The molecule has 5 heteroatoms. The molecular weight excluding hydrogens is 212 g/mol. The summed E-state index contributed by atoms with van der Waals surface area (Å²) in [6.07, 6.45) is 3.93. The van der Waals surface area contributed by atoms with Gasteiger partial charge in [0.05, 0.1) is 6.07 Å². The van der Waals surface area contributed by atoms with Crippen molar-refractivity contribution in [1.82, 2.24) is 4.72 Å². The lowest BCUT2D eigenvalue weighted by Crippen LogP contribution is -2.41. The third-order valence-corrected chi connectivity index (χ3v) is 4.01. The molecule has 0 aromatic heterocycles. The van der Waals surface area contributed by atoms with E-state index in [0.29, 0.717) is 0 Å². The van der Waals surface area contributed by atoms with Gasteiger partial charge in [-0.05, 0) is 24.7 Å². The summed E-state index contributed by atoms with van der Waals surface area (Å²) in [6.45, 7) is 4.30. The molecule has 0 aromatic rings. The van der Waals surface area contributed by atoms with Crippen molar-refractivity contribution < 1.29 is 8.42 Å². The van der Waals surface area contributed by atoms with Gasteiger partial charge in [0, 0.05) is 6.04 Å². The molecule has 0 amide bonds. The third-order valence-electron chi connectivity index (χ3n) is 2.81. The second-order valence-corrected chi connectivity index (χ2v) is 6.75. The van der Waals surface area contributed by atoms with E-state index in [1.807, 2.05) is 0 Å². The van der Waals surface area contributed by atoms with Gasteiger partial charge in [0.25, 0.3) is 0 Å². The number of nitrogens with zero attached hydrogens (tertiary/aromatic N) is 1. The number of rotatable bonds is 3. The van der Waals surface area contributed by atoms with Crippen LogP contribution in [-0.2, 0) is 10.0 Å². The van der Waals surface area contributed by atoms with Gasteiger partial charge in [-0.15, -0.1) is 0 Å². The Balaban J connectivity index is 2.57. The number of hydrogen-bond donors (Lipinski definition) is 1. The van der Waals surface area contributed by atoms with Crippen molar-refractivity contribution in [3.8, 4) is 6.07 Å². The van der Waals surface area contributed by atoms with Gasteiger partial charge in [-0.3, -0.25) is 0 Å². The maximum absolute atomic E-state index is 11.4. The van der Waals surface area contributed by atoms with E-state index < -0.39 is 15.8 Å². The van der Waals surface area contributed by atoms with Gasteiger partial charge in [0.2, 0.25) is 10.0 Å². The molecule has 1 rings (SSSR count). The highest BCUT2D eigenvalue weighted by Crippen LogP contribution is 2.35. The van der Waals surface area contributed by atoms with Crippen LogP contribution in [0.25, 0.3) is 0 Å². The average molecular weight is 230 g/mol. The van der Waals surface area contributed by atoms with Gasteiger partial charge in [-0.2, -0.15) is 5.26 Å². The summed E-state index contributed by atoms with van der Waals surface area (Å²) in [5.74, 6) is -0.441. The number of nitriles is 1. The summed E-state index contributed by atoms with van der Waals surface area (Å²) < 4.78 is 25.4. The van der Waals surface area contributed by atoms with E-state index in [1.54, 1.807) is 6.07 Å². The molecule has 1 atom stereocenters. The summed E-state index contributed by atoms with van der Waals surface area (Å²) in [6, 6.07) is 1.67. The molecule has 0 aliphatic heterocycles. The molecule has 4 nitrogen and oxygen atoms in total. The van der Waals surface area contributed by atoms with Crippen LogP contribution in [0.5, 0.6) is 0 Å². The smallest absolute Gasteiger partial charge is 0.211 e. The zero-order valence-electron chi connectivity index (χ0n) is 9.28. The quantitative estimate of drug-likeness (QED) is 0.796. The Morgan fingerprint density at radius 2 is 2.20 bits per heavy atom. The second kappa shape index (κ2) is 4.50. The van der Waals surface area contributed by atoms with E-state index in [0.717, 1.165) is 25.7 Å². The highest BCUT2D eigenvalue weighted by atomic mass is 32.2. The lowest BCUT2D eigenvalue weighted by atomic mass is 9.75. The largest absolute Gasteiger partial charge is 0.225 e. The van der Waals surface area contributed by atoms with Gasteiger partial charge in [0.1, 0.15) is 0 Å². The first kappa shape index (κ1) is 12.5. The molecule has 1 N–H and O–H groups in total. The van der Waals surface area contributed by atoms with E-state index in [1.165, 1.54) is 0 Å². The lowest BCUT2D eigenvalue weighted by Gasteiger charge is -2.35. The molecule has 0 aromatic carbocycles. The van der Waals surface area contributed by atoms with Crippen LogP contribution >= 0.6 is 0 Å². The predicted molar refractivity (Wildman–Crippen MR) is 58.6 cm³/mol. The van der Waals surface area contributed by atoms with Gasteiger partial charge in [-0.1, -0.05) is 20.3 Å². The zero-order valence-corrected chi connectivity index (χ0v) is 10.1. The van der Waals surface area contributed by atoms with Crippen molar-refractivity contribution in [2.45, 2.75) is 45.6 Å². The molecule has 1 unspecified atom stereocenters. The van der Waals surface area contributed by atoms with Gasteiger partial charge in [0.15, 0.2) is 5.75 Å². The summed E-state index contributed by atoms with van der Waals surface area (Å²) in [5.41, 5.74) is 0.206. The fourth-order valence-electron chi connectivity index (χ4n) is 2.18. The Labute approximate surface area is 91.7 Å². The standard InChI is InChI=1S/C10H18N2O2S/c1-10(2)5-3-4-9(8-10)12-15(13,14)7-6-11/h9,12H,3-5,7-8H2,1-2H3. The third kappa shape index (κ3) is 4.18. The van der Waals surface area contributed by atoms with Gasteiger partial charge >= 0.3 is 0 Å². The molecule has 1 saturated carbocycles. The topological polar surface area (TPSA) is 70.0 Å². The summed E-state index contributed by atoms with van der Waals surface area (Å²) >= 11 is 0. The second-order valence-electron chi connectivity index (χ2n) is 4.99. The van der Waals surface area contributed by atoms with Crippen LogP contribution in [0.3, 0.4) is 0 Å². The summed E-state index contributed by atoms with van der Waals surface area (Å²) in [4.78, 5) is 0. The number of nitrogens with one attached hydrogen (secondary N) is 1. The fraction of sp³-hybridized carbons (Fsp3) is 0.900. The first-order chi connectivity index (χ1) is 6.85. The molecule has 0 radical (unpaired) electrons. The molecule has 1 fully saturated rings. The van der Waals surface area contributed by atoms with Crippen LogP contribution in [0.15, 0.2) is 0 Å². The molecule has 0 bridgehead atoms. The molecule has 15 heavy (non-hydrogen) atoms. The van der Waals surface area contributed by atoms with Crippen LogP contribution in [0.1, 0.15) is 39.5 Å². The molecule has 1 aliphatic carbocycles.